The average Bonchev–Trinajstić information content (AvgIpc) is 2.98. The summed E-state index contributed by atoms with van der Waals surface area (Å²) in [5.74, 6) is 1.52. The van der Waals surface area contributed by atoms with Crippen molar-refractivity contribution in [3.05, 3.63) is 24.2 Å². The molecule has 0 saturated heterocycles. The minimum atomic E-state index is -4.08. The molecule has 8 heteroatoms. The van der Waals surface area contributed by atoms with Gasteiger partial charge in [-0.25, -0.2) is 0 Å². The van der Waals surface area contributed by atoms with Crippen LogP contribution in [0.25, 0.3) is 0 Å². The lowest BCUT2D eigenvalue weighted by Gasteiger charge is -2.17. The van der Waals surface area contributed by atoms with E-state index in [0.29, 0.717) is 25.5 Å². The van der Waals surface area contributed by atoms with Gasteiger partial charge in [-0.15, -0.1) is 24.0 Å². The monoisotopic (exact) mass is 461 g/mol. The maximum absolute atomic E-state index is 12.1. The Bertz CT molecular complexity index is 450. The fraction of sp³-hybridized carbons (Fsp3) is 0.688. The molecule has 0 bridgehead atoms. The number of unbranched alkanes of at least 4 members (excludes halogenated alkanes) is 1. The zero-order chi connectivity index (χ0) is 17.1. The van der Waals surface area contributed by atoms with Gasteiger partial charge in [0.2, 0.25) is 0 Å². The molecule has 0 spiro atoms. The molecule has 0 aliphatic heterocycles. The molecule has 0 amide bonds. The number of nitrogens with zero attached hydrogens (tertiary/aromatic N) is 1. The topological polar surface area (TPSA) is 49.6 Å². The molecule has 24 heavy (non-hydrogen) atoms. The van der Waals surface area contributed by atoms with Gasteiger partial charge in [0.15, 0.2) is 5.96 Å². The highest BCUT2D eigenvalue weighted by atomic mass is 127. The third kappa shape index (κ3) is 11.6. The van der Waals surface area contributed by atoms with Gasteiger partial charge >= 0.3 is 6.18 Å². The van der Waals surface area contributed by atoms with E-state index in [1.54, 1.807) is 6.26 Å². The number of guanidine groups is 1. The third-order valence-corrected chi connectivity index (χ3v) is 3.38. The summed E-state index contributed by atoms with van der Waals surface area (Å²) in [5, 5.41) is 6.43. The van der Waals surface area contributed by atoms with Gasteiger partial charge in [0.25, 0.3) is 0 Å². The van der Waals surface area contributed by atoms with Crippen molar-refractivity contribution in [3.63, 3.8) is 0 Å². The summed E-state index contributed by atoms with van der Waals surface area (Å²) in [4.78, 5) is 4.35. The highest BCUT2D eigenvalue weighted by Gasteiger charge is 2.25. The van der Waals surface area contributed by atoms with E-state index in [4.69, 9.17) is 4.42 Å². The van der Waals surface area contributed by atoms with Crippen molar-refractivity contribution in [1.82, 2.24) is 10.6 Å². The quantitative estimate of drug-likeness (QED) is 0.246. The first-order valence-corrected chi connectivity index (χ1v) is 8.04. The summed E-state index contributed by atoms with van der Waals surface area (Å²) in [7, 11) is 0. The smallest absolute Gasteiger partial charge is 0.389 e. The first kappa shape index (κ1) is 23.1. The number of furan rings is 1. The Balaban J connectivity index is 0.00000529. The SMILES string of the molecule is CCC(C)NC(=NCCCCC(F)(F)F)NCCc1ccco1.I. The molecule has 2 N–H and O–H groups in total. The Morgan fingerprint density at radius 2 is 2.08 bits per heavy atom. The van der Waals surface area contributed by atoms with Crippen LogP contribution in [0.15, 0.2) is 27.8 Å². The van der Waals surface area contributed by atoms with E-state index in [-0.39, 0.29) is 36.4 Å². The van der Waals surface area contributed by atoms with Crippen molar-refractivity contribution in [2.75, 3.05) is 13.1 Å². The number of alkyl halides is 3. The summed E-state index contributed by atoms with van der Waals surface area (Å²) in [5.41, 5.74) is 0. The normalized spacial score (nSPS) is 13.3. The largest absolute Gasteiger partial charge is 0.469 e. The summed E-state index contributed by atoms with van der Waals surface area (Å²) in [6, 6.07) is 3.99. The summed E-state index contributed by atoms with van der Waals surface area (Å²) >= 11 is 0. The fourth-order valence-corrected chi connectivity index (χ4v) is 1.88. The van der Waals surface area contributed by atoms with Crippen LogP contribution in [-0.2, 0) is 6.42 Å². The number of hydrogen-bond donors (Lipinski definition) is 2. The van der Waals surface area contributed by atoms with Gasteiger partial charge in [0.1, 0.15) is 5.76 Å². The summed E-state index contributed by atoms with van der Waals surface area (Å²) in [6.45, 7) is 5.12. The molecule has 1 aromatic rings. The Kier molecular flexibility index (Phi) is 12.0. The van der Waals surface area contributed by atoms with Crippen LogP contribution in [0.1, 0.15) is 45.3 Å². The molecule has 4 nitrogen and oxygen atoms in total. The zero-order valence-corrected chi connectivity index (χ0v) is 16.5. The lowest BCUT2D eigenvalue weighted by atomic mass is 10.2. The molecule has 1 atom stereocenters. The van der Waals surface area contributed by atoms with E-state index < -0.39 is 12.6 Å². The van der Waals surface area contributed by atoms with Gasteiger partial charge in [0, 0.05) is 32.0 Å². The molecular formula is C16H27F3IN3O. The molecule has 1 aromatic heterocycles. The number of halogens is 4. The van der Waals surface area contributed by atoms with Crippen LogP contribution in [0.3, 0.4) is 0 Å². The maximum atomic E-state index is 12.1. The van der Waals surface area contributed by atoms with Gasteiger partial charge in [-0.05, 0) is 38.3 Å². The second-order valence-corrected chi connectivity index (χ2v) is 5.51. The van der Waals surface area contributed by atoms with Gasteiger partial charge in [-0.2, -0.15) is 13.2 Å². The van der Waals surface area contributed by atoms with E-state index in [1.807, 2.05) is 19.1 Å². The summed E-state index contributed by atoms with van der Waals surface area (Å²) < 4.78 is 41.5. The first-order chi connectivity index (χ1) is 10.9. The molecule has 1 unspecified atom stereocenters. The van der Waals surface area contributed by atoms with E-state index in [9.17, 15) is 13.2 Å². The Hall–Kier alpha value is -0.930. The number of rotatable bonds is 9. The maximum Gasteiger partial charge on any atom is 0.389 e. The van der Waals surface area contributed by atoms with Crippen molar-refractivity contribution in [3.8, 4) is 0 Å². The minimum absolute atomic E-state index is 0. The Morgan fingerprint density at radius 1 is 1.33 bits per heavy atom. The molecule has 0 radical (unpaired) electrons. The molecule has 1 heterocycles. The molecule has 0 aliphatic carbocycles. The van der Waals surface area contributed by atoms with E-state index in [2.05, 4.69) is 22.5 Å². The van der Waals surface area contributed by atoms with Crippen molar-refractivity contribution in [2.45, 2.75) is 58.2 Å². The molecule has 0 aliphatic rings. The van der Waals surface area contributed by atoms with Gasteiger partial charge in [0.05, 0.1) is 6.26 Å². The molecule has 0 saturated carbocycles. The van der Waals surface area contributed by atoms with Gasteiger partial charge < -0.3 is 15.1 Å². The highest BCUT2D eigenvalue weighted by Crippen LogP contribution is 2.21. The van der Waals surface area contributed by atoms with Crippen LogP contribution in [0.2, 0.25) is 0 Å². The van der Waals surface area contributed by atoms with Crippen molar-refractivity contribution < 1.29 is 17.6 Å². The fourth-order valence-electron chi connectivity index (χ4n) is 1.88. The molecule has 0 fully saturated rings. The van der Waals surface area contributed by atoms with E-state index in [0.717, 1.165) is 18.6 Å². The molecule has 0 aromatic carbocycles. The molecular weight excluding hydrogens is 434 g/mol. The van der Waals surface area contributed by atoms with Gasteiger partial charge in [-0.1, -0.05) is 6.92 Å². The average molecular weight is 461 g/mol. The van der Waals surface area contributed by atoms with Gasteiger partial charge in [-0.3, -0.25) is 4.99 Å². The number of aliphatic imine (C=N–C) groups is 1. The highest BCUT2D eigenvalue weighted by molar-refractivity contribution is 14.0. The van der Waals surface area contributed by atoms with Crippen molar-refractivity contribution in [1.29, 1.82) is 0 Å². The van der Waals surface area contributed by atoms with E-state index in [1.165, 1.54) is 0 Å². The van der Waals surface area contributed by atoms with Crippen molar-refractivity contribution >= 4 is 29.9 Å². The Morgan fingerprint density at radius 3 is 2.67 bits per heavy atom. The Labute approximate surface area is 158 Å². The lowest BCUT2D eigenvalue weighted by molar-refractivity contribution is -0.135. The van der Waals surface area contributed by atoms with E-state index >= 15 is 0 Å². The number of hydrogen-bond acceptors (Lipinski definition) is 2. The number of nitrogens with one attached hydrogen (secondary N) is 2. The predicted octanol–water partition coefficient (Wildman–Crippen LogP) is 4.51. The lowest BCUT2D eigenvalue weighted by Crippen LogP contribution is -2.42. The second kappa shape index (κ2) is 12.4. The zero-order valence-electron chi connectivity index (χ0n) is 14.2. The predicted molar refractivity (Wildman–Crippen MR) is 101 cm³/mol. The van der Waals surface area contributed by atoms with Crippen molar-refractivity contribution in [2.24, 2.45) is 4.99 Å². The van der Waals surface area contributed by atoms with Crippen LogP contribution in [0, 0.1) is 0 Å². The third-order valence-electron chi connectivity index (χ3n) is 3.38. The minimum Gasteiger partial charge on any atom is -0.469 e. The standard InChI is InChI=1S/C16H26F3N3O.HI/c1-3-13(2)22-15(20-10-5-4-9-16(17,18)19)21-11-8-14-7-6-12-23-14;/h6-7,12-13H,3-5,8-11H2,1-2H3,(H2,20,21,22);1H. The second-order valence-electron chi connectivity index (χ2n) is 5.51. The first-order valence-electron chi connectivity index (χ1n) is 8.04. The summed E-state index contributed by atoms with van der Waals surface area (Å²) in [6.07, 6.45) is -1.01. The van der Waals surface area contributed by atoms with Crippen LogP contribution in [-0.4, -0.2) is 31.3 Å². The van der Waals surface area contributed by atoms with Crippen LogP contribution >= 0.6 is 24.0 Å². The molecule has 140 valence electrons. The van der Waals surface area contributed by atoms with Crippen LogP contribution in [0.5, 0.6) is 0 Å². The molecule has 1 rings (SSSR count). The van der Waals surface area contributed by atoms with Crippen LogP contribution < -0.4 is 10.6 Å². The van der Waals surface area contributed by atoms with Crippen LogP contribution in [0.4, 0.5) is 13.2 Å².